The topological polar surface area (TPSA) is 64.6 Å². The van der Waals surface area contributed by atoms with Crippen LogP contribution in [-0.4, -0.2) is 25.1 Å². The highest BCUT2D eigenvalue weighted by atomic mass is 35.5. The van der Waals surface area contributed by atoms with Crippen LogP contribution in [0.4, 0.5) is 10.1 Å². The number of nitrogens with one attached hydrogen (secondary N) is 1. The molecule has 0 aliphatic carbocycles. The molecule has 1 aromatic rings. The van der Waals surface area contributed by atoms with Gasteiger partial charge in [-0.3, -0.25) is 4.79 Å². The molecule has 0 saturated heterocycles. The molecule has 0 spiro atoms. The smallest absolute Gasteiger partial charge is 0.344 e. The van der Waals surface area contributed by atoms with Crippen molar-refractivity contribution in [1.82, 2.24) is 0 Å². The number of anilines is 1. The molecule has 22 heavy (non-hydrogen) atoms. The van der Waals surface area contributed by atoms with Gasteiger partial charge in [0.2, 0.25) is 5.91 Å². The first-order valence-corrected chi connectivity index (χ1v) is 7.37. The first-order chi connectivity index (χ1) is 10.4. The van der Waals surface area contributed by atoms with Gasteiger partial charge in [0.15, 0.2) is 6.61 Å². The average molecular weight is 332 g/mol. The number of carbonyl (C=O) groups excluding carboxylic acids is 2. The maximum atomic E-state index is 13.6. The van der Waals surface area contributed by atoms with Crippen LogP contribution in [0.5, 0.6) is 5.75 Å². The lowest BCUT2D eigenvalue weighted by molar-refractivity contribution is -0.146. The number of benzene rings is 1. The third-order valence-corrected chi connectivity index (χ3v) is 2.98. The maximum absolute atomic E-state index is 13.6. The van der Waals surface area contributed by atoms with E-state index in [0.717, 1.165) is 25.3 Å². The van der Waals surface area contributed by atoms with Crippen molar-refractivity contribution in [2.45, 2.75) is 33.1 Å². The summed E-state index contributed by atoms with van der Waals surface area (Å²) >= 11 is 5.84. The van der Waals surface area contributed by atoms with Crippen LogP contribution in [0.25, 0.3) is 0 Å². The predicted octanol–water partition coefficient (Wildman–Crippen LogP) is 3.55. The van der Waals surface area contributed by atoms with E-state index in [1.54, 1.807) is 0 Å². The Morgan fingerprint density at radius 3 is 2.68 bits per heavy atom. The second-order valence-corrected chi connectivity index (χ2v) is 5.07. The molecule has 1 rings (SSSR count). The molecule has 0 aromatic heterocycles. The monoisotopic (exact) mass is 331 g/mol. The number of carbonyl (C=O) groups is 2. The Kier molecular flexibility index (Phi) is 7.66. The third kappa shape index (κ3) is 6.30. The Morgan fingerprint density at radius 1 is 1.32 bits per heavy atom. The quantitative estimate of drug-likeness (QED) is 0.584. The Bertz CT molecular complexity index is 537. The number of rotatable bonds is 8. The second kappa shape index (κ2) is 9.25. The van der Waals surface area contributed by atoms with E-state index >= 15 is 0 Å². The van der Waals surface area contributed by atoms with Crippen molar-refractivity contribution < 1.29 is 23.5 Å². The van der Waals surface area contributed by atoms with Gasteiger partial charge in [0.1, 0.15) is 11.6 Å². The normalized spacial score (nSPS) is 10.2. The molecule has 1 aromatic carbocycles. The molecule has 0 aliphatic heterocycles. The largest absolute Gasteiger partial charge is 0.480 e. The van der Waals surface area contributed by atoms with Crippen molar-refractivity contribution in [1.29, 1.82) is 0 Å². The van der Waals surface area contributed by atoms with E-state index in [-0.39, 0.29) is 23.1 Å². The zero-order chi connectivity index (χ0) is 16.5. The minimum absolute atomic E-state index is 0.00499. The Morgan fingerprint density at radius 2 is 2.05 bits per heavy atom. The minimum Gasteiger partial charge on any atom is -0.480 e. The van der Waals surface area contributed by atoms with Crippen molar-refractivity contribution >= 4 is 29.2 Å². The molecule has 7 heteroatoms. The first kappa shape index (κ1) is 18.2. The van der Waals surface area contributed by atoms with E-state index in [9.17, 15) is 14.0 Å². The number of esters is 1. The standard InChI is InChI=1S/C15H19ClFNO4/c1-3-4-5-6-21-15(20)9-22-14-8-13(18-10(2)19)12(17)7-11(14)16/h7-8H,3-6,9H2,1-2H3,(H,18,19). The van der Waals surface area contributed by atoms with Crippen LogP contribution in [0.1, 0.15) is 33.1 Å². The highest BCUT2D eigenvalue weighted by Crippen LogP contribution is 2.30. The maximum Gasteiger partial charge on any atom is 0.344 e. The van der Waals surface area contributed by atoms with Crippen LogP contribution in [0.15, 0.2) is 12.1 Å². The van der Waals surface area contributed by atoms with Crippen LogP contribution in [-0.2, 0) is 14.3 Å². The summed E-state index contributed by atoms with van der Waals surface area (Å²) in [5.41, 5.74) is -0.0665. The van der Waals surface area contributed by atoms with Gasteiger partial charge in [-0.25, -0.2) is 9.18 Å². The van der Waals surface area contributed by atoms with Gasteiger partial charge in [0.05, 0.1) is 17.3 Å². The van der Waals surface area contributed by atoms with Crippen LogP contribution in [0.3, 0.4) is 0 Å². The summed E-state index contributed by atoms with van der Waals surface area (Å²) in [7, 11) is 0. The SMILES string of the molecule is CCCCCOC(=O)COc1cc(NC(C)=O)c(F)cc1Cl. The van der Waals surface area contributed by atoms with Gasteiger partial charge in [0.25, 0.3) is 0 Å². The molecule has 0 radical (unpaired) electrons. The lowest BCUT2D eigenvalue weighted by Gasteiger charge is -2.11. The van der Waals surface area contributed by atoms with Gasteiger partial charge in [-0.05, 0) is 12.5 Å². The minimum atomic E-state index is -0.685. The molecule has 0 fully saturated rings. The van der Waals surface area contributed by atoms with Gasteiger partial charge >= 0.3 is 5.97 Å². The Labute approximate surface area is 133 Å². The van der Waals surface area contributed by atoms with Crippen molar-refractivity contribution in [3.8, 4) is 5.75 Å². The molecule has 0 saturated carbocycles. The summed E-state index contributed by atoms with van der Waals surface area (Å²) in [5.74, 6) is -1.55. The fourth-order valence-electron chi connectivity index (χ4n) is 1.64. The van der Waals surface area contributed by atoms with E-state index in [4.69, 9.17) is 21.1 Å². The summed E-state index contributed by atoms with van der Waals surface area (Å²) in [5, 5.41) is 2.31. The van der Waals surface area contributed by atoms with Crippen molar-refractivity contribution in [2.24, 2.45) is 0 Å². The lowest BCUT2D eigenvalue weighted by Crippen LogP contribution is -2.16. The first-order valence-electron chi connectivity index (χ1n) is 6.99. The molecule has 122 valence electrons. The fraction of sp³-hybridized carbons (Fsp3) is 0.467. The number of halogens is 2. The molecule has 0 heterocycles. The van der Waals surface area contributed by atoms with Gasteiger partial charge in [0, 0.05) is 13.0 Å². The molecule has 1 N–H and O–H groups in total. The highest BCUT2D eigenvalue weighted by molar-refractivity contribution is 6.32. The second-order valence-electron chi connectivity index (χ2n) is 4.66. The molecule has 5 nitrogen and oxygen atoms in total. The number of unbranched alkanes of at least 4 members (excludes halogenated alkanes) is 2. The van der Waals surface area contributed by atoms with E-state index in [2.05, 4.69) is 5.32 Å². The van der Waals surface area contributed by atoms with E-state index in [1.807, 2.05) is 6.92 Å². The summed E-state index contributed by atoms with van der Waals surface area (Å²) in [4.78, 5) is 22.5. The number of hydrogen-bond acceptors (Lipinski definition) is 4. The number of ether oxygens (including phenoxy) is 2. The van der Waals surface area contributed by atoms with Gasteiger partial charge in [-0.15, -0.1) is 0 Å². The Balaban J connectivity index is 2.57. The molecular formula is C15H19ClFNO4. The average Bonchev–Trinajstić information content (AvgIpc) is 2.45. The lowest BCUT2D eigenvalue weighted by atomic mass is 10.2. The van der Waals surface area contributed by atoms with Crippen LogP contribution in [0, 0.1) is 5.82 Å². The van der Waals surface area contributed by atoms with Crippen LogP contribution < -0.4 is 10.1 Å². The molecule has 0 bridgehead atoms. The van der Waals surface area contributed by atoms with Crippen molar-refractivity contribution in [3.63, 3.8) is 0 Å². The van der Waals surface area contributed by atoms with Crippen LogP contribution >= 0.6 is 11.6 Å². The zero-order valence-corrected chi connectivity index (χ0v) is 13.3. The molecule has 0 atom stereocenters. The van der Waals surface area contributed by atoms with E-state index in [1.165, 1.54) is 13.0 Å². The van der Waals surface area contributed by atoms with Gasteiger partial charge in [-0.1, -0.05) is 31.4 Å². The summed E-state index contributed by atoms with van der Waals surface area (Å²) in [6, 6.07) is 2.23. The van der Waals surface area contributed by atoms with Gasteiger partial charge < -0.3 is 14.8 Å². The highest BCUT2D eigenvalue weighted by Gasteiger charge is 2.12. The number of hydrogen-bond donors (Lipinski definition) is 1. The molecule has 1 amide bonds. The van der Waals surface area contributed by atoms with E-state index in [0.29, 0.717) is 6.61 Å². The molecular weight excluding hydrogens is 313 g/mol. The number of amides is 1. The van der Waals surface area contributed by atoms with E-state index < -0.39 is 17.7 Å². The molecule has 0 aliphatic rings. The summed E-state index contributed by atoms with van der Waals surface area (Å²) < 4.78 is 23.8. The van der Waals surface area contributed by atoms with Crippen LogP contribution in [0.2, 0.25) is 5.02 Å². The van der Waals surface area contributed by atoms with Gasteiger partial charge in [-0.2, -0.15) is 0 Å². The van der Waals surface area contributed by atoms with Crippen molar-refractivity contribution in [3.05, 3.63) is 23.0 Å². The fourth-order valence-corrected chi connectivity index (χ4v) is 1.85. The summed E-state index contributed by atoms with van der Waals surface area (Å²) in [6.45, 7) is 3.30. The zero-order valence-electron chi connectivity index (χ0n) is 12.6. The van der Waals surface area contributed by atoms with Crippen molar-refractivity contribution in [2.75, 3.05) is 18.5 Å². The predicted molar refractivity (Wildman–Crippen MR) is 81.7 cm³/mol. The molecule has 0 unspecified atom stereocenters. The third-order valence-electron chi connectivity index (χ3n) is 2.69. The summed E-state index contributed by atoms with van der Waals surface area (Å²) in [6.07, 6.45) is 2.81. The Hall–Kier alpha value is -1.82.